The molecule has 0 fully saturated rings. The summed E-state index contributed by atoms with van der Waals surface area (Å²) in [7, 11) is 0. The fourth-order valence-electron chi connectivity index (χ4n) is 1.82. The second-order valence-corrected chi connectivity index (χ2v) is 4.56. The van der Waals surface area contributed by atoms with Crippen LogP contribution in [0.2, 0.25) is 0 Å². The van der Waals surface area contributed by atoms with Gasteiger partial charge in [-0.3, -0.25) is 0 Å². The van der Waals surface area contributed by atoms with E-state index in [1.165, 1.54) is 12.1 Å². The van der Waals surface area contributed by atoms with Gasteiger partial charge in [-0.05, 0) is 43.7 Å². The maximum absolute atomic E-state index is 12.0. The van der Waals surface area contributed by atoms with Crippen molar-refractivity contribution in [3.05, 3.63) is 64.7 Å². The van der Waals surface area contributed by atoms with Gasteiger partial charge in [-0.25, -0.2) is 9.59 Å². The van der Waals surface area contributed by atoms with E-state index in [4.69, 9.17) is 9.84 Å². The highest BCUT2D eigenvalue weighted by Crippen LogP contribution is 2.21. The van der Waals surface area contributed by atoms with Crippen LogP contribution in [0.25, 0.3) is 0 Å². The van der Waals surface area contributed by atoms with Gasteiger partial charge in [0.1, 0.15) is 11.3 Å². The highest BCUT2D eigenvalue weighted by Gasteiger charge is 2.16. The maximum atomic E-state index is 12.0. The number of carbonyl (C=O) groups excluding carboxylic acids is 1. The number of rotatable bonds is 3. The van der Waals surface area contributed by atoms with Crippen molar-refractivity contribution in [2.24, 2.45) is 0 Å². The summed E-state index contributed by atoms with van der Waals surface area (Å²) in [6.07, 6.45) is 0. The third-order valence-electron chi connectivity index (χ3n) is 2.82. The smallest absolute Gasteiger partial charge is 0.343 e. The molecule has 0 radical (unpaired) electrons. The van der Waals surface area contributed by atoms with Gasteiger partial charge in [0.15, 0.2) is 0 Å². The number of aryl methyl sites for hydroxylation is 2. The summed E-state index contributed by atoms with van der Waals surface area (Å²) in [5, 5.41) is 9.09. The molecule has 1 N–H and O–H groups in total. The summed E-state index contributed by atoms with van der Waals surface area (Å²) in [6.45, 7) is 3.67. The normalized spacial score (nSPS) is 10.1. The monoisotopic (exact) mass is 270 g/mol. The predicted octanol–water partition coefficient (Wildman–Crippen LogP) is 3.22. The summed E-state index contributed by atoms with van der Waals surface area (Å²) < 4.78 is 5.21. The van der Waals surface area contributed by atoms with Gasteiger partial charge >= 0.3 is 11.9 Å². The minimum atomic E-state index is -1.13. The molecule has 0 spiro atoms. The molecule has 4 heteroatoms. The number of carbonyl (C=O) groups is 2. The lowest BCUT2D eigenvalue weighted by Gasteiger charge is -2.08. The van der Waals surface area contributed by atoms with Gasteiger partial charge in [0, 0.05) is 0 Å². The van der Waals surface area contributed by atoms with Gasteiger partial charge in [0.2, 0.25) is 0 Å². The number of aromatic carboxylic acids is 1. The van der Waals surface area contributed by atoms with E-state index in [2.05, 4.69) is 0 Å². The zero-order chi connectivity index (χ0) is 14.7. The summed E-state index contributed by atoms with van der Waals surface area (Å²) >= 11 is 0. The molecule has 20 heavy (non-hydrogen) atoms. The Hall–Kier alpha value is -2.62. The number of ether oxygens (including phenoxy) is 1. The second kappa shape index (κ2) is 5.57. The van der Waals surface area contributed by atoms with Gasteiger partial charge in [0.05, 0.1) is 5.56 Å². The Morgan fingerprint density at radius 1 is 1.00 bits per heavy atom. The standard InChI is InChI=1S/C16H14O4/c1-10-4-3-5-12(8-10)16(19)20-14-9-11(2)6-7-13(14)15(17)18/h3-9H,1-2H3,(H,17,18). The SMILES string of the molecule is Cc1cccc(C(=O)Oc2cc(C)ccc2C(=O)O)c1. The van der Waals surface area contributed by atoms with Gasteiger partial charge in [-0.2, -0.15) is 0 Å². The Morgan fingerprint density at radius 3 is 2.35 bits per heavy atom. The molecule has 0 aliphatic carbocycles. The van der Waals surface area contributed by atoms with Crippen LogP contribution < -0.4 is 4.74 Å². The summed E-state index contributed by atoms with van der Waals surface area (Å²) in [5.74, 6) is -1.64. The molecule has 0 atom stereocenters. The van der Waals surface area contributed by atoms with E-state index in [-0.39, 0.29) is 11.3 Å². The fourth-order valence-corrected chi connectivity index (χ4v) is 1.82. The van der Waals surface area contributed by atoms with E-state index < -0.39 is 11.9 Å². The molecule has 0 unspecified atom stereocenters. The molecule has 0 amide bonds. The minimum Gasteiger partial charge on any atom is -0.478 e. The van der Waals surface area contributed by atoms with Crippen molar-refractivity contribution in [2.45, 2.75) is 13.8 Å². The van der Waals surface area contributed by atoms with Crippen molar-refractivity contribution in [3.8, 4) is 5.75 Å². The van der Waals surface area contributed by atoms with Crippen LogP contribution in [-0.2, 0) is 0 Å². The number of hydrogen-bond donors (Lipinski definition) is 1. The van der Waals surface area contributed by atoms with Gasteiger partial charge in [-0.1, -0.05) is 23.8 Å². The Bertz CT molecular complexity index is 674. The van der Waals surface area contributed by atoms with Crippen LogP contribution in [0.5, 0.6) is 5.75 Å². The number of carboxylic acid groups (broad SMARTS) is 1. The molecule has 102 valence electrons. The van der Waals surface area contributed by atoms with Crippen molar-refractivity contribution in [1.29, 1.82) is 0 Å². The van der Waals surface area contributed by atoms with Crippen molar-refractivity contribution in [1.82, 2.24) is 0 Å². The van der Waals surface area contributed by atoms with Gasteiger partial charge < -0.3 is 9.84 Å². The number of carboxylic acids is 1. The van der Waals surface area contributed by atoms with Crippen LogP contribution in [-0.4, -0.2) is 17.0 Å². The van der Waals surface area contributed by atoms with Crippen molar-refractivity contribution in [3.63, 3.8) is 0 Å². The lowest BCUT2D eigenvalue weighted by Crippen LogP contribution is -2.11. The molecular formula is C16H14O4. The Balaban J connectivity index is 2.32. The van der Waals surface area contributed by atoms with Crippen molar-refractivity contribution in [2.75, 3.05) is 0 Å². The topological polar surface area (TPSA) is 63.6 Å². The lowest BCUT2D eigenvalue weighted by atomic mass is 10.1. The Labute approximate surface area is 116 Å². The summed E-state index contributed by atoms with van der Waals surface area (Å²) in [5.41, 5.74) is 2.11. The van der Waals surface area contributed by atoms with Crippen LogP contribution >= 0.6 is 0 Å². The lowest BCUT2D eigenvalue weighted by molar-refractivity contribution is 0.0681. The van der Waals surface area contributed by atoms with Crippen LogP contribution in [0.1, 0.15) is 31.8 Å². The van der Waals surface area contributed by atoms with Crippen LogP contribution in [0, 0.1) is 13.8 Å². The number of benzene rings is 2. The first-order valence-corrected chi connectivity index (χ1v) is 6.10. The molecule has 2 rings (SSSR count). The van der Waals surface area contributed by atoms with E-state index in [1.807, 2.05) is 13.0 Å². The molecule has 0 saturated heterocycles. The fraction of sp³-hybridized carbons (Fsp3) is 0.125. The van der Waals surface area contributed by atoms with E-state index >= 15 is 0 Å². The molecule has 2 aromatic carbocycles. The van der Waals surface area contributed by atoms with E-state index in [0.717, 1.165) is 11.1 Å². The van der Waals surface area contributed by atoms with Gasteiger partial charge in [0.25, 0.3) is 0 Å². The minimum absolute atomic E-state index is 0.0309. The average molecular weight is 270 g/mol. The molecule has 0 aliphatic heterocycles. The molecular weight excluding hydrogens is 256 g/mol. The molecule has 2 aromatic rings. The third-order valence-corrected chi connectivity index (χ3v) is 2.82. The molecule has 0 aromatic heterocycles. The number of hydrogen-bond acceptors (Lipinski definition) is 3. The molecule has 0 saturated carbocycles. The van der Waals surface area contributed by atoms with Crippen LogP contribution in [0.4, 0.5) is 0 Å². The van der Waals surface area contributed by atoms with E-state index in [0.29, 0.717) is 5.56 Å². The quantitative estimate of drug-likeness (QED) is 0.687. The first-order chi connectivity index (χ1) is 9.47. The third kappa shape index (κ3) is 3.03. The molecule has 0 heterocycles. The first-order valence-electron chi connectivity index (χ1n) is 6.10. The van der Waals surface area contributed by atoms with E-state index in [1.54, 1.807) is 31.2 Å². The zero-order valence-corrected chi connectivity index (χ0v) is 11.2. The van der Waals surface area contributed by atoms with Gasteiger partial charge in [-0.15, -0.1) is 0 Å². The highest BCUT2D eigenvalue weighted by atomic mass is 16.5. The van der Waals surface area contributed by atoms with Crippen molar-refractivity contribution < 1.29 is 19.4 Å². The van der Waals surface area contributed by atoms with Crippen LogP contribution in [0.3, 0.4) is 0 Å². The molecule has 0 bridgehead atoms. The van der Waals surface area contributed by atoms with E-state index in [9.17, 15) is 9.59 Å². The highest BCUT2D eigenvalue weighted by molar-refractivity contribution is 5.95. The Morgan fingerprint density at radius 2 is 1.70 bits per heavy atom. The Kier molecular flexibility index (Phi) is 3.84. The predicted molar refractivity (Wildman–Crippen MR) is 74.3 cm³/mol. The maximum Gasteiger partial charge on any atom is 0.343 e. The largest absolute Gasteiger partial charge is 0.478 e. The number of esters is 1. The van der Waals surface area contributed by atoms with Crippen LogP contribution in [0.15, 0.2) is 42.5 Å². The molecule has 0 aliphatic rings. The summed E-state index contributed by atoms with van der Waals surface area (Å²) in [6, 6.07) is 11.6. The zero-order valence-electron chi connectivity index (χ0n) is 11.2. The van der Waals surface area contributed by atoms with Crippen molar-refractivity contribution >= 4 is 11.9 Å². The second-order valence-electron chi connectivity index (χ2n) is 4.56. The molecule has 4 nitrogen and oxygen atoms in total. The first kappa shape index (κ1) is 13.8. The summed E-state index contributed by atoms with van der Waals surface area (Å²) in [4.78, 5) is 23.2. The average Bonchev–Trinajstić information content (AvgIpc) is 2.38.